The van der Waals surface area contributed by atoms with Crippen molar-refractivity contribution in [3.63, 3.8) is 0 Å². The Morgan fingerprint density at radius 1 is 1.09 bits per heavy atom. The molecular formula is C26H37N3O4. The van der Waals surface area contributed by atoms with Gasteiger partial charge in [0.2, 0.25) is 0 Å². The molecule has 1 heterocycles. The van der Waals surface area contributed by atoms with Crippen LogP contribution in [0.4, 0.5) is 10.5 Å². The number of hydrogen-bond donors (Lipinski definition) is 1. The number of nitrogens with one attached hydrogen (secondary N) is 1. The number of carbonyl (C=O) groups excluding carboxylic acids is 2. The van der Waals surface area contributed by atoms with E-state index in [1.807, 2.05) is 43.3 Å². The van der Waals surface area contributed by atoms with Gasteiger partial charge < -0.3 is 14.8 Å². The monoisotopic (exact) mass is 455 g/mol. The highest BCUT2D eigenvalue weighted by Gasteiger charge is 2.20. The van der Waals surface area contributed by atoms with Crippen LogP contribution in [0.3, 0.4) is 0 Å². The molecule has 0 fully saturated rings. The molecule has 7 nitrogen and oxygen atoms in total. The van der Waals surface area contributed by atoms with E-state index in [2.05, 4.69) is 17.2 Å². The third kappa shape index (κ3) is 8.50. The topological polar surface area (TPSA) is 80.8 Å². The number of hydrogen-bond acceptors (Lipinski definition) is 5. The zero-order valence-corrected chi connectivity index (χ0v) is 20.3. The molecule has 0 aliphatic rings. The average Bonchev–Trinajstić information content (AvgIpc) is 2.85. The Bertz CT molecular complexity index is 870. The second-order valence-electron chi connectivity index (χ2n) is 7.98. The van der Waals surface area contributed by atoms with Crippen LogP contribution in [0.2, 0.25) is 0 Å². The second-order valence-corrected chi connectivity index (χ2v) is 7.98. The molecule has 0 radical (unpaired) electrons. The molecule has 0 spiro atoms. The first-order valence-corrected chi connectivity index (χ1v) is 11.8. The van der Waals surface area contributed by atoms with Gasteiger partial charge in [-0.25, -0.2) is 9.59 Å². The molecule has 0 saturated heterocycles. The SMILES string of the molecule is CCCCCCCNC(=O)N(C)c1cccc(-c2ccc(C[C@H](OCC)C(=O)OC)cn2)c1. The fraction of sp³-hybridized carbons (Fsp3) is 0.500. The summed E-state index contributed by atoms with van der Waals surface area (Å²) in [4.78, 5) is 30.5. The Hall–Kier alpha value is -2.93. The Morgan fingerprint density at radius 3 is 2.55 bits per heavy atom. The van der Waals surface area contributed by atoms with E-state index in [-0.39, 0.29) is 6.03 Å². The summed E-state index contributed by atoms with van der Waals surface area (Å²) in [5, 5.41) is 2.99. The van der Waals surface area contributed by atoms with E-state index in [0.29, 0.717) is 19.6 Å². The number of urea groups is 1. The van der Waals surface area contributed by atoms with Crippen molar-refractivity contribution in [1.82, 2.24) is 10.3 Å². The number of unbranched alkanes of at least 4 members (excludes halogenated alkanes) is 4. The Morgan fingerprint density at radius 2 is 1.88 bits per heavy atom. The van der Waals surface area contributed by atoms with Crippen LogP contribution < -0.4 is 10.2 Å². The number of pyridine rings is 1. The number of ether oxygens (including phenoxy) is 2. The molecular weight excluding hydrogens is 418 g/mol. The summed E-state index contributed by atoms with van der Waals surface area (Å²) in [7, 11) is 3.12. The third-order valence-electron chi connectivity index (χ3n) is 5.47. The molecule has 1 N–H and O–H groups in total. The van der Waals surface area contributed by atoms with Gasteiger partial charge in [0.05, 0.1) is 12.8 Å². The number of aromatic nitrogens is 1. The zero-order chi connectivity index (χ0) is 24.1. The molecule has 0 unspecified atom stereocenters. The smallest absolute Gasteiger partial charge is 0.335 e. The molecule has 33 heavy (non-hydrogen) atoms. The van der Waals surface area contributed by atoms with Crippen LogP contribution in [0, 0.1) is 0 Å². The summed E-state index contributed by atoms with van der Waals surface area (Å²) in [6.07, 6.45) is 7.30. The van der Waals surface area contributed by atoms with Crippen molar-refractivity contribution in [3.05, 3.63) is 48.2 Å². The summed E-state index contributed by atoms with van der Waals surface area (Å²) in [6, 6.07) is 11.4. The minimum Gasteiger partial charge on any atom is -0.467 e. The quantitative estimate of drug-likeness (QED) is 0.340. The summed E-state index contributed by atoms with van der Waals surface area (Å²) in [6.45, 7) is 5.15. The molecule has 1 atom stereocenters. The molecule has 7 heteroatoms. The Balaban J connectivity index is 1.99. The van der Waals surface area contributed by atoms with Gasteiger partial charge in [0.25, 0.3) is 0 Å². The maximum Gasteiger partial charge on any atom is 0.335 e. The van der Waals surface area contributed by atoms with Crippen molar-refractivity contribution in [2.75, 3.05) is 32.2 Å². The van der Waals surface area contributed by atoms with Gasteiger partial charge >= 0.3 is 12.0 Å². The van der Waals surface area contributed by atoms with Gasteiger partial charge in [0.15, 0.2) is 6.10 Å². The van der Waals surface area contributed by atoms with Crippen molar-refractivity contribution in [2.24, 2.45) is 0 Å². The Kier molecular flexibility index (Phi) is 11.4. The Labute approximate surface area is 197 Å². The number of esters is 1. The van der Waals surface area contributed by atoms with Crippen molar-refractivity contribution >= 4 is 17.7 Å². The molecule has 1 aromatic carbocycles. The van der Waals surface area contributed by atoms with Crippen molar-refractivity contribution in [3.8, 4) is 11.3 Å². The summed E-state index contributed by atoms with van der Waals surface area (Å²) in [5.74, 6) is -0.393. The number of rotatable bonds is 13. The maximum atomic E-state index is 12.5. The minimum absolute atomic E-state index is 0.115. The van der Waals surface area contributed by atoms with Gasteiger partial charge in [-0.05, 0) is 37.1 Å². The minimum atomic E-state index is -0.644. The number of nitrogens with zero attached hydrogens (tertiary/aromatic N) is 2. The number of anilines is 1. The van der Waals surface area contributed by atoms with E-state index in [1.165, 1.54) is 26.4 Å². The lowest BCUT2D eigenvalue weighted by Gasteiger charge is -2.19. The van der Waals surface area contributed by atoms with Gasteiger partial charge in [-0.2, -0.15) is 0 Å². The fourth-order valence-electron chi connectivity index (χ4n) is 3.51. The number of carbonyl (C=O) groups is 2. The molecule has 2 rings (SSSR count). The normalized spacial score (nSPS) is 11.6. The molecule has 0 bridgehead atoms. The van der Waals surface area contributed by atoms with Gasteiger partial charge in [-0.1, -0.05) is 50.8 Å². The van der Waals surface area contributed by atoms with E-state index >= 15 is 0 Å². The van der Waals surface area contributed by atoms with Gasteiger partial charge in [0, 0.05) is 44.1 Å². The predicted octanol–water partition coefficient (Wildman–Crippen LogP) is 4.99. The molecule has 0 aliphatic heterocycles. The standard InChI is InChI=1S/C26H37N3O4/c1-5-7-8-9-10-16-27-26(31)29(3)22-13-11-12-21(18-22)23-15-14-20(19-28-23)17-24(33-6-2)25(30)32-4/h11-15,18-19,24H,5-10,16-17H2,1-4H3,(H,27,31)/t24-/m0/s1. The first kappa shape index (κ1) is 26.3. The first-order valence-electron chi connectivity index (χ1n) is 11.8. The molecule has 0 aliphatic carbocycles. The highest BCUT2D eigenvalue weighted by molar-refractivity contribution is 5.92. The second kappa shape index (κ2) is 14.3. The van der Waals surface area contributed by atoms with Crippen molar-refractivity contribution in [1.29, 1.82) is 0 Å². The average molecular weight is 456 g/mol. The lowest BCUT2D eigenvalue weighted by atomic mass is 10.1. The van der Waals surface area contributed by atoms with E-state index in [1.54, 1.807) is 18.1 Å². The van der Waals surface area contributed by atoms with E-state index in [0.717, 1.165) is 35.3 Å². The molecule has 0 saturated carbocycles. The van der Waals surface area contributed by atoms with Crippen molar-refractivity contribution < 1.29 is 19.1 Å². The number of benzene rings is 1. The van der Waals surface area contributed by atoms with Gasteiger partial charge in [0.1, 0.15) is 0 Å². The largest absolute Gasteiger partial charge is 0.467 e. The van der Waals surface area contributed by atoms with Gasteiger partial charge in [-0.3, -0.25) is 9.88 Å². The van der Waals surface area contributed by atoms with Crippen LogP contribution in [0.15, 0.2) is 42.6 Å². The molecule has 2 amide bonds. The highest BCUT2D eigenvalue weighted by atomic mass is 16.6. The van der Waals surface area contributed by atoms with Crippen molar-refractivity contribution in [2.45, 2.75) is 58.5 Å². The van der Waals surface area contributed by atoms with E-state index < -0.39 is 12.1 Å². The van der Waals surface area contributed by atoms with E-state index in [4.69, 9.17) is 9.47 Å². The van der Waals surface area contributed by atoms with Crippen LogP contribution in [0.1, 0.15) is 51.5 Å². The third-order valence-corrected chi connectivity index (χ3v) is 5.47. The van der Waals surface area contributed by atoms with Crippen LogP contribution in [-0.4, -0.2) is 50.4 Å². The number of amides is 2. The molecule has 180 valence electrons. The predicted molar refractivity (Wildman–Crippen MR) is 131 cm³/mol. The lowest BCUT2D eigenvalue weighted by Crippen LogP contribution is -2.37. The summed E-state index contributed by atoms with van der Waals surface area (Å²) < 4.78 is 10.3. The summed E-state index contributed by atoms with van der Waals surface area (Å²) in [5.41, 5.74) is 3.38. The fourth-order valence-corrected chi connectivity index (χ4v) is 3.51. The van der Waals surface area contributed by atoms with E-state index in [9.17, 15) is 9.59 Å². The van der Waals surface area contributed by atoms with Crippen LogP contribution >= 0.6 is 0 Å². The molecule has 2 aromatic rings. The maximum absolute atomic E-state index is 12.5. The summed E-state index contributed by atoms with van der Waals surface area (Å²) >= 11 is 0. The lowest BCUT2D eigenvalue weighted by molar-refractivity contribution is -0.153. The van der Waals surface area contributed by atoms with Crippen LogP contribution in [0.25, 0.3) is 11.3 Å². The first-order chi connectivity index (χ1) is 16.0. The molecule has 1 aromatic heterocycles. The van der Waals surface area contributed by atoms with Crippen LogP contribution in [-0.2, 0) is 20.7 Å². The van der Waals surface area contributed by atoms with Crippen LogP contribution in [0.5, 0.6) is 0 Å². The number of methoxy groups -OCH3 is 1. The van der Waals surface area contributed by atoms with Gasteiger partial charge in [-0.15, -0.1) is 0 Å². The zero-order valence-electron chi connectivity index (χ0n) is 20.3. The highest BCUT2D eigenvalue weighted by Crippen LogP contribution is 2.23.